The molecular weight excluding hydrogens is 214 g/mol. The van der Waals surface area contributed by atoms with Gasteiger partial charge in [0, 0.05) is 5.54 Å². The summed E-state index contributed by atoms with van der Waals surface area (Å²) < 4.78 is 5.56. The van der Waals surface area contributed by atoms with Crippen LogP contribution < -0.4 is 10.1 Å². The predicted molar refractivity (Wildman–Crippen MR) is 69.2 cm³/mol. The van der Waals surface area contributed by atoms with Crippen molar-refractivity contribution in [2.45, 2.75) is 39.7 Å². The predicted octanol–water partition coefficient (Wildman–Crippen LogP) is 2.68. The topological polar surface area (TPSA) is 38.3 Å². The number of para-hydroxylation sites is 1. The number of amides is 1. The molecular formula is C14H21NO2. The van der Waals surface area contributed by atoms with Gasteiger partial charge >= 0.3 is 0 Å². The highest BCUT2D eigenvalue weighted by Gasteiger charge is 2.13. The molecule has 1 aromatic rings. The zero-order valence-corrected chi connectivity index (χ0v) is 11.0. The first kappa shape index (κ1) is 13.6. The Bertz CT molecular complexity index is 380. The third-order valence-electron chi connectivity index (χ3n) is 2.19. The summed E-state index contributed by atoms with van der Waals surface area (Å²) in [6, 6.07) is 7.80. The van der Waals surface area contributed by atoms with Gasteiger partial charge in [0.05, 0.1) is 13.0 Å². The number of ether oxygens (including phenoxy) is 1. The smallest absolute Gasteiger partial charge is 0.223 e. The molecule has 94 valence electrons. The summed E-state index contributed by atoms with van der Waals surface area (Å²) in [5, 5.41) is 2.90. The van der Waals surface area contributed by atoms with Crippen molar-refractivity contribution in [2.24, 2.45) is 0 Å². The van der Waals surface area contributed by atoms with Crippen molar-refractivity contribution < 1.29 is 9.53 Å². The van der Waals surface area contributed by atoms with Gasteiger partial charge in [-0.25, -0.2) is 0 Å². The van der Waals surface area contributed by atoms with Crippen LogP contribution in [0.3, 0.4) is 0 Å². The van der Waals surface area contributed by atoms with Crippen molar-refractivity contribution >= 4 is 5.91 Å². The van der Waals surface area contributed by atoms with Crippen molar-refractivity contribution in [3.8, 4) is 5.75 Å². The van der Waals surface area contributed by atoms with Crippen LogP contribution in [-0.2, 0) is 4.79 Å². The second kappa shape index (κ2) is 5.71. The minimum Gasteiger partial charge on any atom is -0.493 e. The fraction of sp³-hybridized carbons (Fsp3) is 0.500. The number of hydrogen-bond donors (Lipinski definition) is 1. The third-order valence-corrected chi connectivity index (χ3v) is 2.19. The second-order valence-corrected chi connectivity index (χ2v) is 5.16. The molecule has 17 heavy (non-hydrogen) atoms. The summed E-state index contributed by atoms with van der Waals surface area (Å²) in [4.78, 5) is 11.5. The quantitative estimate of drug-likeness (QED) is 0.871. The highest BCUT2D eigenvalue weighted by Crippen LogP contribution is 2.16. The van der Waals surface area contributed by atoms with E-state index < -0.39 is 0 Å². The van der Waals surface area contributed by atoms with Gasteiger partial charge < -0.3 is 10.1 Å². The number of carbonyl (C=O) groups is 1. The maximum Gasteiger partial charge on any atom is 0.223 e. The van der Waals surface area contributed by atoms with E-state index in [2.05, 4.69) is 5.32 Å². The summed E-state index contributed by atoms with van der Waals surface area (Å²) >= 11 is 0. The summed E-state index contributed by atoms with van der Waals surface area (Å²) in [5.74, 6) is 0.863. The van der Waals surface area contributed by atoms with Crippen molar-refractivity contribution in [2.75, 3.05) is 6.61 Å². The molecule has 3 heteroatoms. The molecule has 0 bridgehead atoms. The molecule has 1 aromatic carbocycles. The average Bonchev–Trinajstić information content (AvgIpc) is 2.18. The van der Waals surface area contributed by atoms with Gasteiger partial charge in [-0.05, 0) is 39.3 Å². The summed E-state index contributed by atoms with van der Waals surface area (Å²) in [7, 11) is 0. The monoisotopic (exact) mass is 235 g/mol. The van der Waals surface area contributed by atoms with E-state index >= 15 is 0 Å². The van der Waals surface area contributed by atoms with Crippen LogP contribution >= 0.6 is 0 Å². The molecule has 1 amide bonds. The van der Waals surface area contributed by atoms with Crippen LogP contribution in [0.1, 0.15) is 32.8 Å². The van der Waals surface area contributed by atoms with E-state index in [0.29, 0.717) is 13.0 Å². The fourth-order valence-electron chi connectivity index (χ4n) is 1.45. The van der Waals surface area contributed by atoms with Crippen LogP contribution in [0.2, 0.25) is 0 Å². The fourth-order valence-corrected chi connectivity index (χ4v) is 1.45. The zero-order chi connectivity index (χ0) is 12.9. The molecule has 0 aliphatic rings. The third kappa shape index (κ3) is 5.38. The van der Waals surface area contributed by atoms with Gasteiger partial charge in [-0.3, -0.25) is 4.79 Å². The van der Waals surface area contributed by atoms with Crippen LogP contribution in [0.4, 0.5) is 0 Å². The molecule has 1 N–H and O–H groups in total. The van der Waals surface area contributed by atoms with Gasteiger partial charge in [-0.2, -0.15) is 0 Å². The van der Waals surface area contributed by atoms with Crippen LogP contribution in [0.5, 0.6) is 5.75 Å². The van der Waals surface area contributed by atoms with Crippen LogP contribution in [0.25, 0.3) is 0 Å². The molecule has 0 saturated carbocycles. The average molecular weight is 235 g/mol. The lowest BCUT2D eigenvalue weighted by Crippen LogP contribution is -2.41. The summed E-state index contributed by atoms with van der Waals surface area (Å²) in [6.07, 6.45) is 0.381. The first-order valence-electron chi connectivity index (χ1n) is 5.88. The standard InChI is InChI=1S/C14H21NO2/c1-11-7-5-6-8-12(11)17-10-9-13(16)15-14(2,3)4/h5-8H,9-10H2,1-4H3,(H,15,16). The lowest BCUT2D eigenvalue weighted by Gasteiger charge is -2.20. The van der Waals surface area contributed by atoms with Crippen LogP contribution in [0, 0.1) is 6.92 Å². The van der Waals surface area contributed by atoms with E-state index in [0.717, 1.165) is 11.3 Å². The van der Waals surface area contributed by atoms with Crippen molar-refractivity contribution in [3.63, 3.8) is 0 Å². The first-order valence-corrected chi connectivity index (χ1v) is 5.88. The van der Waals surface area contributed by atoms with E-state index in [9.17, 15) is 4.79 Å². The van der Waals surface area contributed by atoms with E-state index in [4.69, 9.17) is 4.74 Å². The Labute approximate surface area is 103 Å². The number of aryl methyl sites for hydroxylation is 1. The molecule has 0 spiro atoms. The van der Waals surface area contributed by atoms with Gasteiger partial charge in [-0.1, -0.05) is 18.2 Å². The Balaban J connectivity index is 2.34. The number of nitrogens with one attached hydrogen (secondary N) is 1. The Morgan fingerprint density at radius 1 is 1.29 bits per heavy atom. The SMILES string of the molecule is Cc1ccccc1OCCC(=O)NC(C)(C)C. The van der Waals surface area contributed by atoms with Crippen molar-refractivity contribution in [3.05, 3.63) is 29.8 Å². The highest BCUT2D eigenvalue weighted by molar-refractivity contribution is 5.76. The van der Waals surface area contributed by atoms with Gasteiger partial charge in [-0.15, -0.1) is 0 Å². The van der Waals surface area contributed by atoms with E-state index in [-0.39, 0.29) is 11.4 Å². The number of carbonyl (C=O) groups excluding carboxylic acids is 1. The Hall–Kier alpha value is -1.51. The summed E-state index contributed by atoms with van der Waals surface area (Å²) in [6.45, 7) is 8.30. The van der Waals surface area contributed by atoms with E-state index in [1.807, 2.05) is 52.0 Å². The molecule has 0 atom stereocenters. The maximum atomic E-state index is 11.5. The molecule has 3 nitrogen and oxygen atoms in total. The molecule has 0 saturated heterocycles. The molecule has 0 fully saturated rings. The molecule has 0 aliphatic carbocycles. The molecule has 0 unspecified atom stereocenters. The molecule has 1 rings (SSSR count). The van der Waals surface area contributed by atoms with Gasteiger partial charge in [0.1, 0.15) is 5.75 Å². The number of rotatable bonds is 4. The van der Waals surface area contributed by atoms with Gasteiger partial charge in [0.15, 0.2) is 0 Å². The van der Waals surface area contributed by atoms with Gasteiger partial charge in [0.2, 0.25) is 5.91 Å². The molecule has 0 radical (unpaired) electrons. The summed E-state index contributed by atoms with van der Waals surface area (Å²) in [5.41, 5.74) is 0.906. The molecule has 0 aliphatic heterocycles. The largest absolute Gasteiger partial charge is 0.493 e. The Morgan fingerprint density at radius 2 is 1.94 bits per heavy atom. The second-order valence-electron chi connectivity index (χ2n) is 5.16. The lowest BCUT2D eigenvalue weighted by molar-refractivity contribution is -0.122. The minimum atomic E-state index is -0.181. The number of benzene rings is 1. The number of hydrogen-bond acceptors (Lipinski definition) is 2. The molecule has 0 aromatic heterocycles. The first-order chi connectivity index (χ1) is 7.88. The van der Waals surface area contributed by atoms with Crippen molar-refractivity contribution in [1.29, 1.82) is 0 Å². The molecule has 0 heterocycles. The van der Waals surface area contributed by atoms with Crippen LogP contribution in [-0.4, -0.2) is 18.1 Å². The van der Waals surface area contributed by atoms with Crippen LogP contribution in [0.15, 0.2) is 24.3 Å². The van der Waals surface area contributed by atoms with E-state index in [1.165, 1.54) is 0 Å². The van der Waals surface area contributed by atoms with Crippen molar-refractivity contribution in [1.82, 2.24) is 5.32 Å². The minimum absolute atomic E-state index is 0.0195. The van der Waals surface area contributed by atoms with E-state index in [1.54, 1.807) is 0 Å². The Morgan fingerprint density at radius 3 is 2.53 bits per heavy atom. The highest BCUT2D eigenvalue weighted by atomic mass is 16.5. The zero-order valence-electron chi connectivity index (χ0n) is 11.0. The lowest BCUT2D eigenvalue weighted by atomic mass is 10.1. The van der Waals surface area contributed by atoms with Gasteiger partial charge in [0.25, 0.3) is 0 Å². The maximum absolute atomic E-state index is 11.5. The normalized spacial score (nSPS) is 11.1. The Kier molecular flexibility index (Phi) is 4.55.